The molecule has 0 aliphatic heterocycles. The van der Waals surface area contributed by atoms with Gasteiger partial charge < -0.3 is 0 Å². The molecule has 0 unspecified atom stereocenters. The Morgan fingerprint density at radius 1 is 1.13 bits per heavy atom. The van der Waals surface area contributed by atoms with Crippen molar-refractivity contribution >= 4 is 65.5 Å². The van der Waals surface area contributed by atoms with Gasteiger partial charge in [-0.1, -0.05) is 29.5 Å². The van der Waals surface area contributed by atoms with Crippen LogP contribution in [0.15, 0.2) is 69.8 Å². The molecule has 0 saturated heterocycles. The molecule has 5 nitrogen and oxygen atoms in total. The minimum Gasteiger partial charge on any atom is -0.284 e. The van der Waals surface area contributed by atoms with Crippen LogP contribution in [0.5, 0.6) is 0 Å². The van der Waals surface area contributed by atoms with Gasteiger partial charge in [0.15, 0.2) is 15.0 Å². The lowest BCUT2D eigenvalue weighted by molar-refractivity contribution is 0.0984. The van der Waals surface area contributed by atoms with E-state index in [1.165, 1.54) is 17.4 Å². The molecule has 1 amide bonds. The fraction of sp³-hybridized carbons (Fsp3) is 0.182. The number of anilines is 1. The molecule has 4 aromatic rings. The molecule has 9 heteroatoms. The summed E-state index contributed by atoms with van der Waals surface area (Å²) in [5, 5.41) is 2.57. The Hall–Kier alpha value is -2.20. The van der Waals surface area contributed by atoms with E-state index in [1.807, 2.05) is 35.9 Å². The fourth-order valence-electron chi connectivity index (χ4n) is 3.21. The monoisotopic (exact) mass is 488 g/mol. The number of thiophene rings is 1. The molecule has 4 rings (SSSR count). The van der Waals surface area contributed by atoms with Crippen LogP contribution in [0.2, 0.25) is 0 Å². The van der Waals surface area contributed by atoms with Gasteiger partial charge in [-0.05, 0) is 54.5 Å². The number of carbonyl (C=O) groups is 1. The second-order valence-electron chi connectivity index (χ2n) is 6.88. The third-order valence-electron chi connectivity index (χ3n) is 4.74. The van der Waals surface area contributed by atoms with E-state index in [1.54, 1.807) is 46.2 Å². The molecule has 31 heavy (non-hydrogen) atoms. The van der Waals surface area contributed by atoms with E-state index >= 15 is 0 Å². The standard InChI is InChI=1S/C22H20N2O3S4/c1-28-16-9-10-18-19(14-16)30-22(23-18)24(12-11-15-6-5-13-29-15)21(25)17-7-3-4-8-20(17)31(2,26)27/h3-10,13-14H,11-12H2,1-2H3. The second-order valence-corrected chi connectivity index (χ2v) is 11.8. The average Bonchev–Trinajstić information content (AvgIpc) is 3.42. The van der Waals surface area contributed by atoms with E-state index in [4.69, 9.17) is 4.98 Å². The second kappa shape index (κ2) is 9.12. The topological polar surface area (TPSA) is 67.3 Å². The van der Waals surface area contributed by atoms with Crippen molar-refractivity contribution in [2.24, 2.45) is 0 Å². The van der Waals surface area contributed by atoms with Crippen LogP contribution in [-0.4, -0.2) is 38.4 Å². The van der Waals surface area contributed by atoms with Gasteiger partial charge in [0.05, 0.1) is 20.7 Å². The van der Waals surface area contributed by atoms with Gasteiger partial charge in [0.2, 0.25) is 0 Å². The van der Waals surface area contributed by atoms with Gasteiger partial charge in [0.1, 0.15) is 0 Å². The highest BCUT2D eigenvalue weighted by molar-refractivity contribution is 7.98. The zero-order chi connectivity index (χ0) is 22.0. The van der Waals surface area contributed by atoms with Crippen LogP contribution < -0.4 is 4.90 Å². The number of carbonyl (C=O) groups excluding carboxylic acids is 1. The lowest BCUT2D eigenvalue weighted by Gasteiger charge is -2.21. The van der Waals surface area contributed by atoms with Crippen LogP contribution in [0, 0.1) is 0 Å². The maximum atomic E-state index is 13.6. The first-order valence-corrected chi connectivity index (χ1v) is 14.3. The number of amides is 1. The van der Waals surface area contributed by atoms with Crippen molar-refractivity contribution in [2.75, 3.05) is 24.0 Å². The molecular formula is C22H20N2O3S4. The van der Waals surface area contributed by atoms with Gasteiger partial charge in [-0.25, -0.2) is 13.4 Å². The normalized spacial score (nSPS) is 11.7. The van der Waals surface area contributed by atoms with Gasteiger partial charge in [-0.15, -0.1) is 23.1 Å². The summed E-state index contributed by atoms with van der Waals surface area (Å²) in [5.41, 5.74) is 0.989. The van der Waals surface area contributed by atoms with Crippen molar-refractivity contribution in [3.05, 3.63) is 70.4 Å². The number of rotatable bonds is 7. The third kappa shape index (κ3) is 4.85. The van der Waals surface area contributed by atoms with E-state index < -0.39 is 9.84 Å². The van der Waals surface area contributed by atoms with Crippen molar-refractivity contribution in [1.29, 1.82) is 0 Å². The highest BCUT2D eigenvalue weighted by Gasteiger charge is 2.26. The molecule has 0 bridgehead atoms. The number of hydrogen-bond donors (Lipinski definition) is 0. The molecule has 2 aromatic heterocycles. The quantitative estimate of drug-likeness (QED) is 0.327. The van der Waals surface area contributed by atoms with E-state index in [0.717, 1.165) is 26.2 Å². The van der Waals surface area contributed by atoms with E-state index in [0.29, 0.717) is 18.1 Å². The number of fused-ring (bicyclic) bond motifs is 1. The molecule has 0 radical (unpaired) electrons. The Morgan fingerprint density at radius 3 is 2.65 bits per heavy atom. The van der Waals surface area contributed by atoms with Crippen molar-refractivity contribution in [3.8, 4) is 0 Å². The Kier molecular flexibility index (Phi) is 6.47. The molecular weight excluding hydrogens is 469 g/mol. The Balaban J connectivity index is 1.77. The fourth-order valence-corrected chi connectivity index (χ4v) is 6.33. The number of thiazole rings is 1. The first-order chi connectivity index (χ1) is 14.9. The molecule has 0 fully saturated rings. The van der Waals surface area contributed by atoms with Crippen molar-refractivity contribution in [3.63, 3.8) is 0 Å². The summed E-state index contributed by atoms with van der Waals surface area (Å²) in [5.74, 6) is -0.360. The predicted molar refractivity (Wildman–Crippen MR) is 131 cm³/mol. The number of benzene rings is 2. The number of aromatic nitrogens is 1. The molecule has 0 atom stereocenters. The zero-order valence-corrected chi connectivity index (χ0v) is 20.2. The predicted octanol–water partition coefficient (Wildman–Crippen LogP) is 5.37. The van der Waals surface area contributed by atoms with Crippen LogP contribution in [0.25, 0.3) is 10.2 Å². The van der Waals surface area contributed by atoms with Crippen LogP contribution in [0.3, 0.4) is 0 Å². The summed E-state index contributed by atoms with van der Waals surface area (Å²) in [6.07, 6.45) is 3.80. The third-order valence-corrected chi connectivity index (χ3v) is 8.60. The highest BCUT2D eigenvalue weighted by Crippen LogP contribution is 2.33. The molecule has 0 aliphatic carbocycles. The minimum absolute atomic E-state index is 0.0342. The molecule has 160 valence electrons. The molecule has 0 N–H and O–H groups in total. The van der Waals surface area contributed by atoms with Gasteiger partial charge >= 0.3 is 0 Å². The van der Waals surface area contributed by atoms with Gasteiger partial charge in [-0.2, -0.15) is 0 Å². The number of nitrogens with zero attached hydrogens (tertiary/aromatic N) is 2. The molecule has 2 heterocycles. The largest absolute Gasteiger partial charge is 0.284 e. The van der Waals surface area contributed by atoms with Crippen molar-refractivity contribution in [1.82, 2.24) is 4.98 Å². The molecule has 0 spiro atoms. The lowest BCUT2D eigenvalue weighted by atomic mass is 10.2. The maximum Gasteiger partial charge on any atom is 0.261 e. The minimum atomic E-state index is -3.55. The molecule has 2 aromatic carbocycles. The maximum absolute atomic E-state index is 13.6. The number of thioether (sulfide) groups is 1. The lowest BCUT2D eigenvalue weighted by Crippen LogP contribution is -2.33. The zero-order valence-electron chi connectivity index (χ0n) is 16.9. The van der Waals surface area contributed by atoms with E-state index in [9.17, 15) is 13.2 Å². The molecule has 0 aliphatic rings. The first kappa shape index (κ1) is 22.0. The summed E-state index contributed by atoms with van der Waals surface area (Å²) >= 11 is 4.73. The number of sulfone groups is 1. The number of hydrogen-bond acceptors (Lipinski definition) is 7. The van der Waals surface area contributed by atoms with Crippen molar-refractivity contribution < 1.29 is 13.2 Å². The summed E-state index contributed by atoms with van der Waals surface area (Å²) in [6, 6.07) is 16.4. The smallest absolute Gasteiger partial charge is 0.261 e. The Labute approximate surface area is 193 Å². The summed E-state index contributed by atoms with van der Waals surface area (Å²) in [7, 11) is -3.55. The van der Waals surface area contributed by atoms with Crippen molar-refractivity contribution in [2.45, 2.75) is 16.2 Å². The van der Waals surface area contributed by atoms with E-state index in [2.05, 4.69) is 6.07 Å². The average molecular weight is 489 g/mol. The summed E-state index contributed by atoms with van der Waals surface area (Å²) in [6.45, 7) is 0.409. The van der Waals surface area contributed by atoms with Crippen LogP contribution in [0.4, 0.5) is 5.13 Å². The van der Waals surface area contributed by atoms with E-state index in [-0.39, 0.29) is 16.4 Å². The first-order valence-electron chi connectivity index (χ1n) is 9.45. The Bertz CT molecular complexity index is 1330. The SMILES string of the molecule is CSc1ccc2nc(N(CCc3cccs3)C(=O)c3ccccc3S(C)(=O)=O)sc2c1. The highest BCUT2D eigenvalue weighted by atomic mass is 32.2. The Morgan fingerprint density at radius 2 is 1.94 bits per heavy atom. The van der Waals surface area contributed by atoms with Crippen LogP contribution >= 0.6 is 34.4 Å². The van der Waals surface area contributed by atoms with Gasteiger partial charge in [0.25, 0.3) is 5.91 Å². The van der Waals surface area contributed by atoms with Crippen LogP contribution in [-0.2, 0) is 16.3 Å². The van der Waals surface area contributed by atoms with Gasteiger partial charge in [-0.3, -0.25) is 9.69 Å². The van der Waals surface area contributed by atoms with Gasteiger partial charge in [0, 0.05) is 22.6 Å². The summed E-state index contributed by atoms with van der Waals surface area (Å²) < 4.78 is 25.6. The molecule has 0 saturated carbocycles. The van der Waals surface area contributed by atoms with Crippen LogP contribution in [0.1, 0.15) is 15.2 Å². The summed E-state index contributed by atoms with van der Waals surface area (Å²) in [4.78, 5) is 22.2.